The van der Waals surface area contributed by atoms with Crippen LogP contribution in [0.3, 0.4) is 0 Å². The molecule has 2 heterocycles. The van der Waals surface area contributed by atoms with Gasteiger partial charge < -0.3 is 10.6 Å². The largest absolute Gasteiger partial charge is 0.346 e. The van der Waals surface area contributed by atoms with E-state index in [0.717, 1.165) is 31.5 Å². The van der Waals surface area contributed by atoms with Crippen LogP contribution in [0.25, 0.3) is 0 Å². The summed E-state index contributed by atoms with van der Waals surface area (Å²) in [6.07, 6.45) is 3.46. The van der Waals surface area contributed by atoms with E-state index in [0.29, 0.717) is 31.5 Å². The topological polar surface area (TPSA) is 108 Å². The normalized spacial score (nSPS) is 24.4. The van der Waals surface area contributed by atoms with Gasteiger partial charge in [0.15, 0.2) is 0 Å². The number of benzene rings is 1. The summed E-state index contributed by atoms with van der Waals surface area (Å²) < 4.78 is 0. The number of likely N-dealkylation sites (N-methyl/N-ethyl adjacent to an activating group) is 1. The van der Waals surface area contributed by atoms with Crippen molar-refractivity contribution in [2.75, 3.05) is 25.0 Å². The Kier molecular flexibility index (Phi) is 6.87. The zero-order valence-electron chi connectivity index (χ0n) is 17.6. The minimum Gasteiger partial charge on any atom is -0.346 e. The van der Waals surface area contributed by atoms with Gasteiger partial charge in [-0.05, 0) is 56.5 Å². The van der Waals surface area contributed by atoms with E-state index in [2.05, 4.69) is 27.8 Å². The number of carbonyl (C=O) groups excluding carboxylic acids is 4. The first kappa shape index (κ1) is 22.0. The Morgan fingerprint density at radius 1 is 1.17 bits per heavy atom. The van der Waals surface area contributed by atoms with Gasteiger partial charge in [-0.15, -0.1) is 0 Å². The molecule has 0 spiro atoms. The maximum absolute atomic E-state index is 12.5. The number of imide groups is 1. The average molecular weight is 415 g/mol. The minimum atomic E-state index is -0.750. The molecule has 4 amide bonds. The molecule has 2 aliphatic heterocycles. The highest BCUT2D eigenvalue weighted by atomic mass is 16.2. The van der Waals surface area contributed by atoms with Crippen LogP contribution in [-0.4, -0.2) is 54.2 Å². The molecule has 1 aromatic carbocycles. The number of likely N-dealkylation sites (tertiary alicyclic amines) is 1. The van der Waals surface area contributed by atoms with Gasteiger partial charge in [-0.1, -0.05) is 26.0 Å². The molecule has 0 aliphatic carbocycles. The highest BCUT2D eigenvalue weighted by Gasteiger charge is 2.42. The quantitative estimate of drug-likeness (QED) is 0.481. The lowest BCUT2D eigenvalue weighted by Gasteiger charge is -2.35. The van der Waals surface area contributed by atoms with Gasteiger partial charge in [-0.3, -0.25) is 29.4 Å². The molecule has 30 heavy (non-hydrogen) atoms. The molecular weight excluding hydrogens is 384 g/mol. The standard InChI is InChI=1S/C22H30N4O4/c1-3-22(12-11-18(27)25-21(22)30)15-7-9-16(10-8-15)24-20(29)19(28)23-14-17-6-5-13-26(17)4-2/h7-10,17H,3-6,11-14H2,1-2H3,(H,23,28)(H,24,29)(H,25,27,30). The number of nitrogens with zero attached hydrogens (tertiary/aromatic N) is 1. The van der Waals surface area contributed by atoms with E-state index in [4.69, 9.17) is 0 Å². The summed E-state index contributed by atoms with van der Waals surface area (Å²) in [7, 11) is 0. The van der Waals surface area contributed by atoms with Crippen molar-refractivity contribution in [1.29, 1.82) is 0 Å². The number of amides is 4. The predicted octanol–water partition coefficient (Wildman–Crippen LogP) is 1.31. The van der Waals surface area contributed by atoms with Crippen molar-refractivity contribution < 1.29 is 19.2 Å². The maximum Gasteiger partial charge on any atom is 0.313 e. The van der Waals surface area contributed by atoms with Crippen molar-refractivity contribution >= 4 is 29.3 Å². The summed E-state index contributed by atoms with van der Waals surface area (Å²) >= 11 is 0. The number of hydrogen-bond acceptors (Lipinski definition) is 5. The van der Waals surface area contributed by atoms with Crippen LogP contribution >= 0.6 is 0 Å². The third-order valence-corrected chi connectivity index (χ3v) is 6.38. The summed E-state index contributed by atoms with van der Waals surface area (Å²) in [5, 5.41) is 7.74. The fourth-order valence-corrected chi connectivity index (χ4v) is 4.46. The molecule has 0 aromatic heterocycles. The molecule has 2 fully saturated rings. The molecule has 162 valence electrons. The third-order valence-electron chi connectivity index (χ3n) is 6.38. The van der Waals surface area contributed by atoms with Gasteiger partial charge in [-0.25, -0.2) is 0 Å². The summed E-state index contributed by atoms with van der Waals surface area (Å²) in [6.45, 7) is 6.44. The van der Waals surface area contributed by atoms with Gasteiger partial charge in [-0.2, -0.15) is 0 Å². The van der Waals surface area contributed by atoms with Crippen molar-refractivity contribution in [3.63, 3.8) is 0 Å². The van der Waals surface area contributed by atoms with Crippen molar-refractivity contribution in [3.8, 4) is 0 Å². The van der Waals surface area contributed by atoms with Crippen LogP contribution in [0.2, 0.25) is 0 Å². The Morgan fingerprint density at radius 2 is 1.90 bits per heavy atom. The first-order valence-corrected chi connectivity index (χ1v) is 10.7. The number of hydrogen-bond donors (Lipinski definition) is 3. The number of anilines is 1. The zero-order valence-corrected chi connectivity index (χ0v) is 17.6. The molecule has 0 bridgehead atoms. The molecule has 1 aromatic rings. The SMILES string of the molecule is CCN1CCCC1CNC(=O)C(=O)Nc1ccc(C2(CC)CCC(=O)NC2=O)cc1. The molecule has 2 saturated heterocycles. The molecule has 8 nitrogen and oxygen atoms in total. The fraction of sp³-hybridized carbons (Fsp3) is 0.545. The predicted molar refractivity (Wildman–Crippen MR) is 113 cm³/mol. The van der Waals surface area contributed by atoms with Crippen LogP contribution < -0.4 is 16.0 Å². The molecule has 2 atom stereocenters. The van der Waals surface area contributed by atoms with Crippen molar-refractivity contribution in [3.05, 3.63) is 29.8 Å². The van der Waals surface area contributed by atoms with E-state index in [1.54, 1.807) is 24.3 Å². The van der Waals surface area contributed by atoms with E-state index in [-0.39, 0.29) is 17.9 Å². The van der Waals surface area contributed by atoms with Crippen LogP contribution in [0, 0.1) is 0 Å². The molecule has 0 radical (unpaired) electrons. The maximum atomic E-state index is 12.5. The third kappa shape index (κ3) is 4.53. The minimum absolute atomic E-state index is 0.251. The lowest BCUT2D eigenvalue weighted by atomic mass is 9.72. The van der Waals surface area contributed by atoms with Crippen molar-refractivity contribution in [2.45, 2.75) is 57.4 Å². The second-order valence-electron chi connectivity index (χ2n) is 7.98. The van der Waals surface area contributed by atoms with Crippen LogP contribution in [0.4, 0.5) is 5.69 Å². The van der Waals surface area contributed by atoms with Crippen molar-refractivity contribution in [2.24, 2.45) is 0 Å². The highest BCUT2D eigenvalue weighted by Crippen LogP contribution is 2.36. The summed E-state index contributed by atoms with van der Waals surface area (Å²) in [6, 6.07) is 7.17. The Bertz CT molecular complexity index is 823. The molecule has 3 rings (SSSR count). The Labute approximate surface area is 176 Å². The number of rotatable bonds is 6. The number of carbonyl (C=O) groups is 4. The van der Waals surface area contributed by atoms with Gasteiger partial charge in [0.2, 0.25) is 11.8 Å². The number of nitrogens with one attached hydrogen (secondary N) is 3. The molecule has 2 aliphatic rings. The first-order valence-electron chi connectivity index (χ1n) is 10.7. The van der Waals surface area contributed by atoms with Crippen LogP contribution in [0.1, 0.15) is 51.5 Å². The molecule has 3 N–H and O–H groups in total. The lowest BCUT2D eigenvalue weighted by molar-refractivity contribution is -0.138. The van der Waals surface area contributed by atoms with Crippen LogP contribution in [0.15, 0.2) is 24.3 Å². The van der Waals surface area contributed by atoms with Crippen LogP contribution in [0.5, 0.6) is 0 Å². The molecule has 0 saturated carbocycles. The van der Waals surface area contributed by atoms with Crippen LogP contribution in [-0.2, 0) is 24.6 Å². The molecule has 2 unspecified atom stereocenters. The second-order valence-corrected chi connectivity index (χ2v) is 7.98. The van der Waals surface area contributed by atoms with E-state index >= 15 is 0 Å². The Balaban J connectivity index is 1.58. The van der Waals surface area contributed by atoms with E-state index in [1.165, 1.54) is 0 Å². The van der Waals surface area contributed by atoms with Gasteiger partial charge in [0.05, 0.1) is 5.41 Å². The fourth-order valence-electron chi connectivity index (χ4n) is 4.46. The molecular formula is C22H30N4O4. The highest BCUT2D eigenvalue weighted by molar-refractivity contribution is 6.39. The average Bonchev–Trinajstić information content (AvgIpc) is 3.21. The smallest absolute Gasteiger partial charge is 0.313 e. The van der Waals surface area contributed by atoms with Gasteiger partial charge >= 0.3 is 11.8 Å². The first-order chi connectivity index (χ1) is 14.4. The molecule has 8 heteroatoms. The Hall–Kier alpha value is -2.74. The summed E-state index contributed by atoms with van der Waals surface area (Å²) in [4.78, 5) is 50.7. The number of piperidine rings is 1. The van der Waals surface area contributed by atoms with Crippen molar-refractivity contribution in [1.82, 2.24) is 15.5 Å². The monoisotopic (exact) mass is 414 g/mol. The van der Waals surface area contributed by atoms with Gasteiger partial charge in [0.25, 0.3) is 0 Å². The Morgan fingerprint density at radius 3 is 2.53 bits per heavy atom. The lowest BCUT2D eigenvalue weighted by Crippen LogP contribution is -2.51. The van der Waals surface area contributed by atoms with Gasteiger partial charge in [0.1, 0.15) is 0 Å². The van der Waals surface area contributed by atoms with E-state index < -0.39 is 17.2 Å². The van der Waals surface area contributed by atoms with E-state index in [1.807, 2.05) is 6.92 Å². The van der Waals surface area contributed by atoms with E-state index in [9.17, 15) is 19.2 Å². The summed E-state index contributed by atoms with van der Waals surface area (Å²) in [5.41, 5.74) is 0.520. The second kappa shape index (κ2) is 9.38. The van der Waals surface area contributed by atoms with Gasteiger partial charge in [0, 0.05) is 24.7 Å². The summed E-state index contributed by atoms with van der Waals surface area (Å²) in [5.74, 6) is -1.91. The zero-order chi connectivity index (χ0) is 21.7.